The first-order chi connectivity index (χ1) is 17.0. The van der Waals surface area contributed by atoms with Crippen LogP contribution in [0.1, 0.15) is 18.2 Å². The summed E-state index contributed by atoms with van der Waals surface area (Å²) in [6.45, 7) is 0.943. The molecule has 0 saturated carbocycles. The zero-order valence-corrected chi connectivity index (χ0v) is 20.1. The number of methoxy groups -OCH3 is 1. The number of imidazole rings is 1. The van der Waals surface area contributed by atoms with Crippen molar-refractivity contribution in [2.24, 2.45) is 0 Å². The molecule has 3 aromatic carbocycles. The number of anilines is 1. The number of nitrogens with zero attached hydrogens (tertiary/aromatic N) is 3. The van der Waals surface area contributed by atoms with Gasteiger partial charge in [-0.05, 0) is 60.7 Å². The van der Waals surface area contributed by atoms with Crippen LogP contribution in [0.5, 0.6) is 11.5 Å². The van der Waals surface area contributed by atoms with Crippen LogP contribution >= 0.6 is 11.6 Å². The van der Waals surface area contributed by atoms with Gasteiger partial charge in [0.1, 0.15) is 30.0 Å². The Kier molecular flexibility index (Phi) is 6.61. The molecule has 7 nitrogen and oxygen atoms in total. The minimum Gasteiger partial charge on any atom is -0.497 e. The third-order valence-corrected chi connectivity index (χ3v) is 6.46. The maximum atomic E-state index is 12.9. The van der Waals surface area contributed by atoms with Gasteiger partial charge >= 0.3 is 0 Å². The minimum absolute atomic E-state index is 0.0410. The highest BCUT2D eigenvalue weighted by atomic mass is 35.5. The fourth-order valence-corrected chi connectivity index (χ4v) is 4.60. The van der Waals surface area contributed by atoms with Crippen molar-refractivity contribution in [2.75, 3.05) is 25.2 Å². The minimum atomic E-state index is -0.766. The molecule has 1 aliphatic heterocycles. The number of amides is 1. The summed E-state index contributed by atoms with van der Waals surface area (Å²) >= 11 is 6.02. The summed E-state index contributed by atoms with van der Waals surface area (Å²) in [7, 11) is 1.61. The van der Waals surface area contributed by atoms with Crippen molar-refractivity contribution in [3.63, 3.8) is 0 Å². The number of carbonyl (C=O) groups excluding carboxylic acids is 1. The standard InChI is InChI=1S/C27H26ClN3O4/c1-34-22-10-12-23(13-11-22)35-17-21(32)16-31-25-5-3-2-4-24(25)29-27(31)18-14-26(33)30(15-18)20-8-6-19(28)7-9-20/h2-13,18,21,32H,14-17H2,1H3. The maximum absolute atomic E-state index is 12.9. The van der Waals surface area contributed by atoms with Crippen molar-refractivity contribution in [1.82, 2.24) is 9.55 Å². The van der Waals surface area contributed by atoms with Crippen molar-refractivity contribution in [1.29, 1.82) is 0 Å². The van der Waals surface area contributed by atoms with Crippen molar-refractivity contribution in [2.45, 2.75) is 25.0 Å². The number of aliphatic hydroxyl groups excluding tert-OH is 1. The maximum Gasteiger partial charge on any atom is 0.227 e. The van der Waals surface area contributed by atoms with E-state index < -0.39 is 6.10 Å². The van der Waals surface area contributed by atoms with E-state index in [-0.39, 0.29) is 18.4 Å². The lowest BCUT2D eigenvalue weighted by atomic mass is 10.1. The predicted octanol–water partition coefficient (Wildman–Crippen LogP) is 4.66. The van der Waals surface area contributed by atoms with E-state index in [0.29, 0.717) is 30.3 Å². The fraction of sp³-hybridized carbons (Fsp3) is 0.259. The molecule has 2 unspecified atom stereocenters. The van der Waals surface area contributed by atoms with Crippen LogP contribution in [0.3, 0.4) is 0 Å². The highest BCUT2D eigenvalue weighted by Gasteiger charge is 2.35. The molecule has 35 heavy (non-hydrogen) atoms. The lowest BCUT2D eigenvalue weighted by Gasteiger charge is -2.19. The largest absolute Gasteiger partial charge is 0.497 e. The molecule has 8 heteroatoms. The first kappa shape index (κ1) is 23.2. The monoisotopic (exact) mass is 491 g/mol. The summed E-state index contributed by atoms with van der Waals surface area (Å²) in [5, 5.41) is 11.5. The Morgan fingerprint density at radius 3 is 2.51 bits per heavy atom. The van der Waals surface area contributed by atoms with Crippen LogP contribution in [0.15, 0.2) is 72.8 Å². The predicted molar refractivity (Wildman–Crippen MR) is 135 cm³/mol. The summed E-state index contributed by atoms with van der Waals surface area (Å²) in [5.74, 6) is 2.13. The normalized spacial score (nSPS) is 16.6. The average molecular weight is 492 g/mol. The smallest absolute Gasteiger partial charge is 0.227 e. The zero-order valence-electron chi connectivity index (χ0n) is 19.3. The van der Waals surface area contributed by atoms with Crippen LogP contribution in [0, 0.1) is 0 Å². The van der Waals surface area contributed by atoms with Gasteiger partial charge in [0.25, 0.3) is 0 Å². The molecule has 0 spiro atoms. The van der Waals surface area contributed by atoms with Gasteiger partial charge in [0.2, 0.25) is 5.91 Å². The second-order valence-electron chi connectivity index (χ2n) is 8.59. The van der Waals surface area contributed by atoms with E-state index in [1.54, 1.807) is 36.3 Å². The molecule has 4 aromatic rings. The van der Waals surface area contributed by atoms with Gasteiger partial charge in [0, 0.05) is 29.6 Å². The quantitative estimate of drug-likeness (QED) is 0.388. The van der Waals surface area contributed by atoms with Crippen LogP contribution in [0.25, 0.3) is 11.0 Å². The van der Waals surface area contributed by atoms with Crippen LogP contribution in [-0.2, 0) is 11.3 Å². The van der Waals surface area contributed by atoms with Gasteiger partial charge in [0.05, 0.1) is 24.7 Å². The van der Waals surface area contributed by atoms with Crippen molar-refractivity contribution >= 4 is 34.2 Å². The van der Waals surface area contributed by atoms with Crippen LogP contribution in [-0.4, -0.2) is 46.9 Å². The van der Waals surface area contributed by atoms with Gasteiger partial charge in [0.15, 0.2) is 0 Å². The Labute approximate surface area is 208 Å². The fourth-order valence-electron chi connectivity index (χ4n) is 4.48. The number of rotatable bonds is 8. The molecular formula is C27H26ClN3O4. The first-order valence-corrected chi connectivity index (χ1v) is 11.9. The number of aromatic nitrogens is 2. The zero-order chi connectivity index (χ0) is 24.4. The summed E-state index contributed by atoms with van der Waals surface area (Å²) in [4.78, 5) is 19.5. The Hall–Kier alpha value is -3.55. The number of hydrogen-bond donors (Lipinski definition) is 1. The second kappa shape index (κ2) is 9.98. The Morgan fingerprint density at radius 1 is 1.06 bits per heavy atom. The molecule has 5 rings (SSSR count). The summed E-state index contributed by atoms with van der Waals surface area (Å²) in [6, 6.07) is 22.3. The third kappa shape index (κ3) is 4.97. The molecule has 0 radical (unpaired) electrons. The SMILES string of the molecule is COc1ccc(OCC(O)Cn2c(C3CC(=O)N(c4ccc(Cl)cc4)C3)nc3ccccc32)cc1. The average Bonchev–Trinajstić information content (AvgIpc) is 3.44. The Balaban J connectivity index is 1.35. The first-order valence-electron chi connectivity index (χ1n) is 11.5. The molecular weight excluding hydrogens is 466 g/mol. The van der Waals surface area contributed by atoms with E-state index in [4.69, 9.17) is 26.1 Å². The molecule has 1 aliphatic rings. The molecule has 2 heterocycles. The van der Waals surface area contributed by atoms with E-state index in [2.05, 4.69) is 0 Å². The molecule has 2 atom stereocenters. The number of aliphatic hydroxyl groups is 1. The number of benzene rings is 3. The second-order valence-corrected chi connectivity index (χ2v) is 9.03. The molecule has 0 aliphatic carbocycles. The van der Waals surface area contributed by atoms with E-state index in [9.17, 15) is 9.90 Å². The van der Waals surface area contributed by atoms with Gasteiger partial charge in [-0.25, -0.2) is 4.98 Å². The number of hydrogen-bond acceptors (Lipinski definition) is 5. The summed E-state index contributed by atoms with van der Waals surface area (Å²) in [6.07, 6.45) is -0.414. The lowest BCUT2D eigenvalue weighted by molar-refractivity contribution is -0.117. The number of ether oxygens (including phenoxy) is 2. The lowest BCUT2D eigenvalue weighted by Crippen LogP contribution is -2.26. The van der Waals surface area contributed by atoms with E-state index in [0.717, 1.165) is 28.3 Å². The highest BCUT2D eigenvalue weighted by molar-refractivity contribution is 6.30. The van der Waals surface area contributed by atoms with E-state index in [1.165, 1.54) is 0 Å². The van der Waals surface area contributed by atoms with Crippen LogP contribution in [0.2, 0.25) is 5.02 Å². The van der Waals surface area contributed by atoms with Gasteiger partial charge in [-0.3, -0.25) is 4.79 Å². The van der Waals surface area contributed by atoms with Gasteiger partial charge in [-0.15, -0.1) is 0 Å². The number of halogens is 1. The molecule has 1 amide bonds. The summed E-state index contributed by atoms with van der Waals surface area (Å²) in [5.41, 5.74) is 2.57. The van der Waals surface area contributed by atoms with E-state index in [1.807, 2.05) is 53.1 Å². The van der Waals surface area contributed by atoms with Gasteiger partial charge < -0.3 is 24.0 Å². The topological polar surface area (TPSA) is 76.8 Å². The van der Waals surface area contributed by atoms with Crippen LogP contribution in [0.4, 0.5) is 5.69 Å². The van der Waals surface area contributed by atoms with Crippen molar-refractivity contribution in [3.05, 3.63) is 83.6 Å². The molecule has 0 bridgehead atoms. The molecule has 180 valence electrons. The third-order valence-electron chi connectivity index (χ3n) is 6.21. The Morgan fingerprint density at radius 2 is 1.77 bits per heavy atom. The molecule has 1 saturated heterocycles. The van der Waals surface area contributed by atoms with E-state index >= 15 is 0 Å². The number of para-hydroxylation sites is 2. The van der Waals surface area contributed by atoms with Crippen molar-refractivity contribution < 1.29 is 19.4 Å². The highest BCUT2D eigenvalue weighted by Crippen LogP contribution is 2.33. The Bertz CT molecular complexity index is 1320. The molecule has 1 fully saturated rings. The van der Waals surface area contributed by atoms with Gasteiger partial charge in [-0.2, -0.15) is 0 Å². The van der Waals surface area contributed by atoms with Gasteiger partial charge in [-0.1, -0.05) is 23.7 Å². The van der Waals surface area contributed by atoms with Crippen LogP contribution < -0.4 is 14.4 Å². The molecule has 1 aromatic heterocycles. The number of fused-ring (bicyclic) bond motifs is 1. The summed E-state index contributed by atoms with van der Waals surface area (Å²) < 4.78 is 13.0. The van der Waals surface area contributed by atoms with Crippen molar-refractivity contribution in [3.8, 4) is 11.5 Å². The molecule has 1 N–H and O–H groups in total. The number of carbonyl (C=O) groups is 1.